The Labute approximate surface area is 114 Å². The summed E-state index contributed by atoms with van der Waals surface area (Å²) in [6.45, 7) is 4.35. The minimum atomic E-state index is 0.390. The van der Waals surface area contributed by atoms with Crippen LogP contribution in [0.1, 0.15) is 48.5 Å². The van der Waals surface area contributed by atoms with E-state index in [0.717, 1.165) is 11.5 Å². The minimum absolute atomic E-state index is 0.390. The molecule has 1 aromatic carbocycles. The molecular formula is C17H20N2. The van der Waals surface area contributed by atoms with Gasteiger partial charge in [-0.05, 0) is 48.9 Å². The fourth-order valence-corrected chi connectivity index (χ4v) is 2.96. The number of fused-ring (bicyclic) bond motifs is 1. The molecule has 2 unspecified atom stereocenters. The van der Waals surface area contributed by atoms with Gasteiger partial charge >= 0.3 is 0 Å². The molecule has 0 aliphatic heterocycles. The van der Waals surface area contributed by atoms with Crippen molar-refractivity contribution in [2.75, 3.05) is 5.32 Å². The van der Waals surface area contributed by atoms with Crippen LogP contribution < -0.4 is 5.32 Å². The van der Waals surface area contributed by atoms with Gasteiger partial charge in [-0.2, -0.15) is 0 Å². The highest BCUT2D eigenvalue weighted by Gasteiger charge is 2.24. The van der Waals surface area contributed by atoms with Gasteiger partial charge in [0.1, 0.15) is 5.82 Å². The Hall–Kier alpha value is -1.83. The Morgan fingerprint density at radius 3 is 2.58 bits per heavy atom. The molecule has 0 spiro atoms. The second kappa shape index (κ2) is 5.04. The van der Waals surface area contributed by atoms with Crippen molar-refractivity contribution in [3.63, 3.8) is 0 Å². The van der Waals surface area contributed by atoms with Gasteiger partial charge in [-0.1, -0.05) is 37.3 Å². The van der Waals surface area contributed by atoms with E-state index in [4.69, 9.17) is 0 Å². The van der Waals surface area contributed by atoms with Gasteiger partial charge in [0.25, 0.3) is 0 Å². The highest BCUT2D eigenvalue weighted by Crippen LogP contribution is 2.38. The SMILES string of the molecule is Cc1cccc(NC2CCC(C)c3ccccc32)n1. The third-order valence-electron chi connectivity index (χ3n) is 4.00. The van der Waals surface area contributed by atoms with Crippen molar-refractivity contribution < 1.29 is 0 Å². The van der Waals surface area contributed by atoms with Crippen LogP contribution in [0.15, 0.2) is 42.5 Å². The van der Waals surface area contributed by atoms with Crippen LogP contribution in [0.5, 0.6) is 0 Å². The molecule has 0 amide bonds. The monoisotopic (exact) mass is 252 g/mol. The van der Waals surface area contributed by atoms with Crippen molar-refractivity contribution in [1.29, 1.82) is 0 Å². The molecule has 2 nitrogen and oxygen atoms in total. The molecule has 98 valence electrons. The molecule has 2 aromatic rings. The van der Waals surface area contributed by atoms with E-state index in [1.807, 2.05) is 19.1 Å². The maximum Gasteiger partial charge on any atom is 0.126 e. The van der Waals surface area contributed by atoms with Gasteiger partial charge in [-0.15, -0.1) is 0 Å². The lowest BCUT2D eigenvalue weighted by molar-refractivity contribution is 0.533. The molecular weight excluding hydrogens is 232 g/mol. The Balaban J connectivity index is 1.89. The third kappa shape index (κ3) is 2.48. The molecule has 1 aromatic heterocycles. The van der Waals surface area contributed by atoms with Crippen molar-refractivity contribution in [3.8, 4) is 0 Å². The molecule has 1 heterocycles. The number of anilines is 1. The number of hydrogen-bond acceptors (Lipinski definition) is 2. The first-order valence-corrected chi connectivity index (χ1v) is 7.03. The summed E-state index contributed by atoms with van der Waals surface area (Å²) in [5, 5.41) is 3.59. The highest BCUT2D eigenvalue weighted by atomic mass is 15.0. The predicted molar refractivity (Wildman–Crippen MR) is 79.4 cm³/mol. The lowest BCUT2D eigenvalue weighted by Gasteiger charge is -2.30. The zero-order valence-corrected chi connectivity index (χ0v) is 11.6. The summed E-state index contributed by atoms with van der Waals surface area (Å²) in [6.07, 6.45) is 2.41. The van der Waals surface area contributed by atoms with Crippen molar-refractivity contribution in [1.82, 2.24) is 4.98 Å². The Morgan fingerprint density at radius 1 is 1.00 bits per heavy atom. The summed E-state index contributed by atoms with van der Waals surface area (Å²) in [5.74, 6) is 1.65. The van der Waals surface area contributed by atoms with Gasteiger partial charge < -0.3 is 5.32 Å². The zero-order valence-electron chi connectivity index (χ0n) is 11.6. The Morgan fingerprint density at radius 2 is 1.79 bits per heavy atom. The van der Waals surface area contributed by atoms with Crippen LogP contribution in [0.2, 0.25) is 0 Å². The van der Waals surface area contributed by atoms with E-state index in [0.29, 0.717) is 12.0 Å². The molecule has 3 rings (SSSR count). The first-order valence-electron chi connectivity index (χ1n) is 7.03. The first kappa shape index (κ1) is 12.2. The molecule has 1 N–H and O–H groups in total. The van der Waals surface area contributed by atoms with Crippen molar-refractivity contribution >= 4 is 5.82 Å². The number of nitrogens with one attached hydrogen (secondary N) is 1. The quantitative estimate of drug-likeness (QED) is 0.854. The van der Waals surface area contributed by atoms with Gasteiger partial charge in [0, 0.05) is 5.69 Å². The molecule has 0 fully saturated rings. The summed E-state index contributed by atoms with van der Waals surface area (Å²) in [7, 11) is 0. The molecule has 2 atom stereocenters. The van der Waals surface area contributed by atoms with Crippen molar-refractivity contribution in [2.45, 2.75) is 38.6 Å². The van der Waals surface area contributed by atoms with Crippen LogP contribution in [0.4, 0.5) is 5.82 Å². The Kier molecular flexibility index (Phi) is 3.24. The van der Waals surface area contributed by atoms with E-state index in [1.165, 1.54) is 24.0 Å². The predicted octanol–water partition coefficient (Wildman–Crippen LogP) is 4.44. The fourth-order valence-electron chi connectivity index (χ4n) is 2.96. The van der Waals surface area contributed by atoms with E-state index in [-0.39, 0.29) is 0 Å². The second-order valence-corrected chi connectivity index (χ2v) is 5.47. The topological polar surface area (TPSA) is 24.9 Å². The summed E-state index contributed by atoms with van der Waals surface area (Å²) < 4.78 is 0. The van der Waals surface area contributed by atoms with Gasteiger partial charge in [-0.25, -0.2) is 4.98 Å². The first-order chi connectivity index (χ1) is 9.24. The minimum Gasteiger partial charge on any atom is -0.363 e. The molecule has 1 aliphatic carbocycles. The van der Waals surface area contributed by atoms with Crippen molar-refractivity contribution in [2.24, 2.45) is 0 Å². The summed E-state index contributed by atoms with van der Waals surface area (Å²) in [5.41, 5.74) is 3.98. The molecule has 0 radical (unpaired) electrons. The molecule has 0 saturated carbocycles. The van der Waals surface area contributed by atoms with Crippen LogP contribution in [-0.2, 0) is 0 Å². The van der Waals surface area contributed by atoms with Crippen molar-refractivity contribution in [3.05, 3.63) is 59.3 Å². The second-order valence-electron chi connectivity index (χ2n) is 5.47. The smallest absolute Gasteiger partial charge is 0.126 e. The maximum atomic E-state index is 4.55. The molecule has 0 bridgehead atoms. The standard InChI is InChI=1S/C17H20N2/c1-12-10-11-16(15-8-4-3-7-14(12)15)19-17-9-5-6-13(2)18-17/h3-9,12,16H,10-11H2,1-2H3,(H,18,19). The third-order valence-corrected chi connectivity index (χ3v) is 4.00. The largest absolute Gasteiger partial charge is 0.363 e. The number of pyridine rings is 1. The van der Waals surface area contributed by atoms with Crippen LogP contribution >= 0.6 is 0 Å². The van der Waals surface area contributed by atoms with Crippen LogP contribution in [-0.4, -0.2) is 4.98 Å². The van der Waals surface area contributed by atoms with Gasteiger partial charge in [-0.3, -0.25) is 0 Å². The van der Waals surface area contributed by atoms with Crippen LogP contribution in [0, 0.1) is 6.92 Å². The van der Waals surface area contributed by atoms with E-state index in [2.05, 4.69) is 47.6 Å². The molecule has 19 heavy (non-hydrogen) atoms. The highest BCUT2D eigenvalue weighted by molar-refractivity contribution is 5.43. The summed E-state index contributed by atoms with van der Waals surface area (Å²) in [4.78, 5) is 4.55. The van der Waals surface area contributed by atoms with Gasteiger partial charge in [0.05, 0.1) is 6.04 Å². The lowest BCUT2D eigenvalue weighted by atomic mass is 9.81. The number of aryl methyl sites for hydroxylation is 1. The molecule has 2 heteroatoms. The van der Waals surface area contributed by atoms with Gasteiger partial charge in [0.2, 0.25) is 0 Å². The van der Waals surface area contributed by atoms with Crippen LogP contribution in [0.3, 0.4) is 0 Å². The number of aromatic nitrogens is 1. The van der Waals surface area contributed by atoms with E-state index in [1.54, 1.807) is 0 Å². The zero-order chi connectivity index (χ0) is 13.2. The average molecular weight is 252 g/mol. The number of rotatable bonds is 2. The number of benzene rings is 1. The Bertz CT molecular complexity index is 577. The summed E-state index contributed by atoms with van der Waals surface area (Å²) >= 11 is 0. The maximum absolute atomic E-state index is 4.55. The summed E-state index contributed by atoms with van der Waals surface area (Å²) in [6, 6.07) is 15.3. The fraction of sp³-hybridized carbons (Fsp3) is 0.353. The average Bonchev–Trinajstić information content (AvgIpc) is 2.42. The lowest BCUT2D eigenvalue weighted by Crippen LogP contribution is -2.19. The van der Waals surface area contributed by atoms with E-state index in [9.17, 15) is 0 Å². The number of nitrogens with zero attached hydrogens (tertiary/aromatic N) is 1. The van der Waals surface area contributed by atoms with E-state index >= 15 is 0 Å². The molecule has 1 aliphatic rings. The van der Waals surface area contributed by atoms with Gasteiger partial charge in [0.15, 0.2) is 0 Å². The van der Waals surface area contributed by atoms with Crippen LogP contribution in [0.25, 0.3) is 0 Å². The van der Waals surface area contributed by atoms with E-state index < -0.39 is 0 Å². The normalized spacial score (nSPS) is 21.8. The number of hydrogen-bond donors (Lipinski definition) is 1. The molecule has 0 saturated heterocycles.